The number of fused-ring (bicyclic) bond motifs is 1. The number of nitrogens with one attached hydrogen (secondary N) is 2. The van der Waals surface area contributed by atoms with Crippen LogP contribution in [-0.4, -0.2) is 12.5 Å². The Labute approximate surface area is 129 Å². The molecule has 2 heterocycles. The molecule has 3 rings (SSSR count). The van der Waals surface area contributed by atoms with Crippen LogP contribution in [0.1, 0.15) is 17.8 Å². The molecule has 0 saturated heterocycles. The second-order valence-electron chi connectivity index (χ2n) is 4.58. The molecular formula is C14H13BrN2O2S. The maximum atomic E-state index is 11.3. The van der Waals surface area contributed by atoms with Crippen molar-refractivity contribution in [3.05, 3.63) is 39.0 Å². The third-order valence-electron chi connectivity index (χ3n) is 3.01. The van der Waals surface area contributed by atoms with Gasteiger partial charge in [0, 0.05) is 20.4 Å². The van der Waals surface area contributed by atoms with E-state index >= 15 is 0 Å². The van der Waals surface area contributed by atoms with E-state index in [4.69, 9.17) is 4.74 Å². The van der Waals surface area contributed by atoms with E-state index in [1.165, 1.54) is 4.88 Å². The number of carbonyl (C=O) groups excluding carboxylic acids is 1. The van der Waals surface area contributed by atoms with Crippen molar-refractivity contribution < 1.29 is 9.53 Å². The summed E-state index contributed by atoms with van der Waals surface area (Å²) in [6, 6.07) is 8.02. The average molecular weight is 353 g/mol. The second-order valence-corrected chi connectivity index (χ2v) is 6.44. The Morgan fingerprint density at radius 1 is 1.45 bits per heavy atom. The highest BCUT2D eigenvalue weighted by Gasteiger charge is 2.16. The summed E-state index contributed by atoms with van der Waals surface area (Å²) in [5, 5.41) is 8.29. The molecule has 1 amide bonds. The van der Waals surface area contributed by atoms with E-state index in [-0.39, 0.29) is 18.6 Å². The number of hydrogen-bond acceptors (Lipinski definition) is 4. The first kappa shape index (κ1) is 13.5. The molecule has 0 saturated carbocycles. The molecular weight excluding hydrogens is 340 g/mol. The lowest BCUT2D eigenvalue weighted by Crippen LogP contribution is -2.25. The van der Waals surface area contributed by atoms with E-state index in [0.717, 1.165) is 10.2 Å². The Morgan fingerprint density at radius 3 is 3.05 bits per heavy atom. The van der Waals surface area contributed by atoms with E-state index in [9.17, 15) is 4.79 Å². The zero-order chi connectivity index (χ0) is 14.1. The highest BCUT2D eigenvalue weighted by atomic mass is 79.9. The van der Waals surface area contributed by atoms with Gasteiger partial charge in [0.25, 0.3) is 5.91 Å². The summed E-state index contributed by atoms with van der Waals surface area (Å²) >= 11 is 5.16. The largest absolute Gasteiger partial charge is 0.482 e. The van der Waals surface area contributed by atoms with Crippen LogP contribution in [0.2, 0.25) is 0 Å². The van der Waals surface area contributed by atoms with Gasteiger partial charge in [-0.3, -0.25) is 4.79 Å². The monoisotopic (exact) mass is 352 g/mol. The minimum Gasteiger partial charge on any atom is -0.482 e. The zero-order valence-corrected chi connectivity index (χ0v) is 13.2. The van der Waals surface area contributed by atoms with Crippen molar-refractivity contribution >= 4 is 44.5 Å². The second kappa shape index (κ2) is 5.46. The van der Waals surface area contributed by atoms with Crippen LogP contribution in [0.15, 0.2) is 34.1 Å². The minimum absolute atomic E-state index is 0.0827. The van der Waals surface area contributed by atoms with Crippen LogP contribution < -0.4 is 15.4 Å². The van der Waals surface area contributed by atoms with Crippen molar-refractivity contribution in [3.63, 3.8) is 0 Å². The Morgan fingerprint density at radius 2 is 2.30 bits per heavy atom. The Bertz CT molecular complexity index is 656. The molecule has 20 heavy (non-hydrogen) atoms. The third-order valence-corrected chi connectivity index (χ3v) is 4.89. The van der Waals surface area contributed by atoms with Crippen molar-refractivity contribution in [2.75, 3.05) is 17.2 Å². The fourth-order valence-electron chi connectivity index (χ4n) is 2.05. The summed E-state index contributed by atoms with van der Waals surface area (Å²) in [5.74, 6) is 0.589. The molecule has 1 aliphatic rings. The maximum absolute atomic E-state index is 11.3. The molecule has 0 spiro atoms. The van der Waals surface area contributed by atoms with Gasteiger partial charge in [-0.05, 0) is 47.1 Å². The molecule has 0 radical (unpaired) electrons. The molecule has 1 aromatic heterocycles. The lowest BCUT2D eigenvalue weighted by atomic mass is 10.2. The predicted molar refractivity (Wildman–Crippen MR) is 84.6 cm³/mol. The first-order valence-corrected chi connectivity index (χ1v) is 7.86. The maximum Gasteiger partial charge on any atom is 0.262 e. The molecule has 2 N–H and O–H groups in total. The molecule has 0 fully saturated rings. The van der Waals surface area contributed by atoms with Crippen LogP contribution in [0.4, 0.5) is 11.4 Å². The molecule has 1 unspecified atom stereocenters. The lowest BCUT2D eigenvalue weighted by molar-refractivity contribution is -0.118. The fourth-order valence-corrected chi connectivity index (χ4v) is 3.50. The van der Waals surface area contributed by atoms with Crippen LogP contribution in [-0.2, 0) is 4.79 Å². The van der Waals surface area contributed by atoms with Gasteiger partial charge >= 0.3 is 0 Å². The van der Waals surface area contributed by atoms with E-state index in [2.05, 4.69) is 44.9 Å². The number of benzene rings is 1. The van der Waals surface area contributed by atoms with Gasteiger partial charge in [-0.15, -0.1) is 11.3 Å². The summed E-state index contributed by atoms with van der Waals surface area (Å²) in [4.78, 5) is 12.6. The zero-order valence-electron chi connectivity index (χ0n) is 10.8. The molecule has 1 aliphatic heterocycles. The standard InChI is InChI=1S/C14H13BrN2O2S/c1-8(13-4-9(15)7-20-13)16-10-2-3-12-11(5-10)17-14(18)6-19-12/h2-5,7-8,16H,6H2,1H3,(H,17,18). The van der Waals surface area contributed by atoms with Crippen LogP contribution >= 0.6 is 27.3 Å². The van der Waals surface area contributed by atoms with E-state index in [1.54, 1.807) is 11.3 Å². The number of carbonyl (C=O) groups is 1. The molecule has 104 valence electrons. The number of ether oxygens (including phenoxy) is 1. The van der Waals surface area contributed by atoms with Gasteiger partial charge in [0.1, 0.15) is 5.75 Å². The normalized spacial score (nSPS) is 15.0. The molecule has 1 atom stereocenters. The van der Waals surface area contributed by atoms with E-state index in [0.29, 0.717) is 11.4 Å². The van der Waals surface area contributed by atoms with Gasteiger partial charge in [-0.25, -0.2) is 0 Å². The first-order valence-electron chi connectivity index (χ1n) is 6.19. The molecule has 4 nitrogen and oxygen atoms in total. The van der Waals surface area contributed by atoms with Crippen molar-refractivity contribution in [1.82, 2.24) is 0 Å². The first-order chi connectivity index (χ1) is 9.61. The Balaban J connectivity index is 1.78. The summed E-state index contributed by atoms with van der Waals surface area (Å²) in [7, 11) is 0. The quantitative estimate of drug-likeness (QED) is 0.877. The number of amides is 1. The van der Waals surface area contributed by atoms with Gasteiger partial charge in [0.05, 0.1) is 11.7 Å². The van der Waals surface area contributed by atoms with Gasteiger partial charge in [0.2, 0.25) is 0 Å². The summed E-state index contributed by atoms with van der Waals surface area (Å²) < 4.78 is 6.43. The number of thiophene rings is 1. The number of anilines is 2. The number of rotatable bonds is 3. The van der Waals surface area contributed by atoms with Gasteiger partial charge in [-0.2, -0.15) is 0 Å². The molecule has 6 heteroatoms. The summed E-state index contributed by atoms with van der Waals surface area (Å²) in [6.45, 7) is 2.19. The number of hydrogen-bond donors (Lipinski definition) is 2. The molecule has 2 aromatic rings. The van der Waals surface area contributed by atoms with Crippen LogP contribution in [0.3, 0.4) is 0 Å². The van der Waals surface area contributed by atoms with Gasteiger partial charge < -0.3 is 15.4 Å². The third kappa shape index (κ3) is 2.81. The SMILES string of the molecule is CC(Nc1ccc2c(c1)NC(=O)CO2)c1cc(Br)cs1. The van der Waals surface area contributed by atoms with Crippen molar-refractivity contribution in [2.45, 2.75) is 13.0 Å². The fraction of sp³-hybridized carbons (Fsp3) is 0.214. The molecule has 0 bridgehead atoms. The topological polar surface area (TPSA) is 50.4 Å². The van der Waals surface area contributed by atoms with Crippen LogP contribution in [0, 0.1) is 0 Å². The average Bonchev–Trinajstić information content (AvgIpc) is 2.85. The summed E-state index contributed by atoms with van der Waals surface area (Å²) in [6.07, 6.45) is 0. The van der Waals surface area contributed by atoms with Crippen molar-refractivity contribution in [3.8, 4) is 5.75 Å². The number of halogens is 1. The van der Waals surface area contributed by atoms with Crippen LogP contribution in [0.25, 0.3) is 0 Å². The van der Waals surface area contributed by atoms with Crippen molar-refractivity contribution in [2.24, 2.45) is 0 Å². The summed E-state index contributed by atoms with van der Waals surface area (Å²) in [5.41, 5.74) is 1.66. The molecule has 0 aliphatic carbocycles. The van der Waals surface area contributed by atoms with Gasteiger partial charge in [-0.1, -0.05) is 0 Å². The Hall–Kier alpha value is -1.53. The molecule has 1 aromatic carbocycles. The smallest absolute Gasteiger partial charge is 0.262 e. The Kier molecular flexibility index (Phi) is 3.67. The predicted octanol–water partition coefficient (Wildman–Crippen LogP) is 4.01. The minimum atomic E-state index is -0.120. The van der Waals surface area contributed by atoms with Crippen LogP contribution in [0.5, 0.6) is 5.75 Å². The highest BCUT2D eigenvalue weighted by molar-refractivity contribution is 9.10. The lowest BCUT2D eigenvalue weighted by Gasteiger charge is -2.20. The van der Waals surface area contributed by atoms with E-state index in [1.807, 2.05) is 18.2 Å². The highest BCUT2D eigenvalue weighted by Crippen LogP contribution is 2.33. The van der Waals surface area contributed by atoms with Gasteiger partial charge in [0.15, 0.2) is 6.61 Å². The van der Waals surface area contributed by atoms with E-state index < -0.39 is 0 Å². The van der Waals surface area contributed by atoms with Crippen molar-refractivity contribution in [1.29, 1.82) is 0 Å².